The first-order valence-electron chi connectivity index (χ1n) is 3.75. The van der Waals surface area contributed by atoms with Crippen molar-refractivity contribution in [3.63, 3.8) is 0 Å². The van der Waals surface area contributed by atoms with Gasteiger partial charge in [0, 0.05) is 25.8 Å². The molecule has 11 heavy (non-hydrogen) atoms. The minimum absolute atomic E-state index is 0.913. The Kier molecular flexibility index (Phi) is 2.54. The molecule has 0 saturated heterocycles. The molecule has 0 radical (unpaired) electrons. The summed E-state index contributed by atoms with van der Waals surface area (Å²) in [6.45, 7) is 6.48. The number of hydrogen-bond donors (Lipinski definition) is 1. The van der Waals surface area contributed by atoms with Gasteiger partial charge in [-0.15, -0.1) is 0 Å². The van der Waals surface area contributed by atoms with Gasteiger partial charge in [0.15, 0.2) is 5.76 Å². The summed E-state index contributed by atoms with van der Waals surface area (Å²) in [6.07, 6.45) is 1.99. The highest BCUT2D eigenvalue weighted by atomic mass is 32.1. The third-order valence-corrected chi connectivity index (χ3v) is 2.51. The average Bonchev–Trinajstić information content (AvgIpc) is 1.80. The zero-order valence-electron chi connectivity index (χ0n) is 7.18. The maximum Gasteiger partial charge on any atom is 0.241 e. The molecular weight excluding hydrogens is 176 g/mol. The minimum atomic E-state index is -1.42. The highest BCUT2D eigenvalue weighted by molar-refractivity contribution is 7.75. The number of thiol groups is 1. The smallest absolute Gasteiger partial charge is 0.241 e. The van der Waals surface area contributed by atoms with Gasteiger partial charge in [0.05, 0.1) is 0 Å². The Bertz CT molecular complexity index is 183. The fourth-order valence-electron chi connectivity index (χ4n) is 0.903. The van der Waals surface area contributed by atoms with Gasteiger partial charge in [-0.1, -0.05) is 0 Å². The van der Waals surface area contributed by atoms with E-state index in [9.17, 15) is 0 Å². The van der Waals surface area contributed by atoms with Crippen molar-refractivity contribution in [2.75, 3.05) is 0 Å². The lowest BCUT2D eigenvalue weighted by Crippen LogP contribution is -2.27. The molecule has 0 aromatic heterocycles. The van der Waals surface area contributed by atoms with E-state index < -0.39 is 8.32 Å². The van der Waals surface area contributed by atoms with Gasteiger partial charge in [0.2, 0.25) is 8.32 Å². The van der Waals surface area contributed by atoms with Crippen molar-refractivity contribution in [1.29, 1.82) is 0 Å². The lowest BCUT2D eigenvalue weighted by atomic mass is 10.1. The monoisotopic (exact) mass is 190 g/mol. The summed E-state index contributed by atoms with van der Waals surface area (Å²) in [5.74, 6) is 1.93. The van der Waals surface area contributed by atoms with E-state index in [1.54, 1.807) is 0 Å². The van der Waals surface area contributed by atoms with E-state index >= 15 is 0 Å². The molecule has 0 fully saturated rings. The maximum atomic E-state index is 5.72. The van der Waals surface area contributed by atoms with Crippen LogP contribution < -0.4 is 0 Å². The van der Waals surface area contributed by atoms with Crippen molar-refractivity contribution in [3.05, 3.63) is 11.5 Å². The van der Waals surface area contributed by atoms with E-state index in [-0.39, 0.29) is 0 Å². The summed E-state index contributed by atoms with van der Waals surface area (Å²) in [5.41, 5.74) is 0. The Balaban J connectivity index is 2.51. The van der Waals surface area contributed by atoms with Crippen LogP contribution in [0.15, 0.2) is 11.5 Å². The predicted octanol–water partition coefficient (Wildman–Crippen LogP) is 2.70. The van der Waals surface area contributed by atoms with Crippen molar-refractivity contribution in [1.82, 2.24) is 0 Å². The van der Waals surface area contributed by atoms with E-state index in [4.69, 9.17) is 8.61 Å². The van der Waals surface area contributed by atoms with Gasteiger partial charge in [-0.25, -0.2) is 0 Å². The fourth-order valence-corrected chi connectivity index (χ4v) is 2.05. The fraction of sp³-hybridized carbons (Fsp3) is 0.714. The lowest BCUT2D eigenvalue weighted by molar-refractivity contribution is 0.296. The molecule has 0 saturated carbocycles. The van der Waals surface area contributed by atoms with E-state index in [1.165, 1.54) is 0 Å². The summed E-state index contributed by atoms with van der Waals surface area (Å²) < 4.78 is 10.5. The Hall–Kier alpha value is -0.0931. The predicted molar refractivity (Wildman–Crippen MR) is 50.8 cm³/mol. The number of allylic oxidation sites excluding steroid dienone is 2. The molecule has 0 spiro atoms. The first-order chi connectivity index (χ1) is 5.03. The molecule has 64 valence electrons. The third-order valence-electron chi connectivity index (χ3n) is 1.43. The number of hydrogen-bond acceptors (Lipinski definition) is 3. The molecule has 0 aromatic carbocycles. The van der Waals surface area contributed by atoms with Crippen molar-refractivity contribution in [3.8, 4) is 0 Å². The number of rotatable bonds is 3. The molecular formula is C7H14O2SSi. The topological polar surface area (TPSA) is 18.5 Å². The van der Waals surface area contributed by atoms with Gasteiger partial charge < -0.3 is 8.61 Å². The van der Waals surface area contributed by atoms with Crippen LogP contribution >= 0.6 is 12.9 Å². The SMILES string of the molecule is C[Si](C)(C)OC1=C(OS)CC1. The normalized spacial score (nSPS) is 17.8. The first kappa shape index (κ1) is 9.00. The molecule has 4 heteroatoms. The molecule has 0 amide bonds. The van der Waals surface area contributed by atoms with Crippen LogP contribution in [0.4, 0.5) is 0 Å². The second-order valence-corrected chi connectivity index (χ2v) is 8.26. The van der Waals surface area contributed by atoms with Crippen molar-refractivity contribution < 1.29 is 8.61 Å². The summed E-state index contributed by atoms with van der Waals surface area (Å²) in [5, 5.41) is 0. The average molecular weight is 190 g/mol. The van der Waals surface area contributed by atoms with E-state index in [0.29, 0.717) is 0 Å². The zero-order valence-corrected chi connectivity index (χ0v) is 9.07. The van der Waals surface area contributed by atoms with Gasteiger partial charge in [-0.2, -0.15) is 0 Å². The van der Waals surface area contributed by atoms with E-state index in [2.05, 4.69) is 32.6 Å². The Morgan fingerprint density at radius 3 is 2.00 bits per heavy atom. The standard InChI is InChI=1S/C7H14O2SSi/c1-11(2,3)9-7-5-4-6(7)8-10/h10H,4-5H2,1-3H3. The van der Waals surface area contributed by atoms with E-state index in [1.807, 2.05) is 0 Å². The second-order valence-electron chi connectivity index (χ2n) is 3.65. The summed E-state index contributed by atoms with van der Waals surface area (Å²) in [6, 6.07) is 0. The molecule has 0 aliphatic heterocycles. The summed E-state index contributed by atoms with van der Waals surface area (Å²) in [7, 11) is -1.42. The van der Waals surface area contributed by atoms with Gasteiger partial charge in [0.1, 0.15) is 5.76 Å². The van der Waals surface area contributed by atoms with Crippen molar-refractivity contribution >= 4 is 21.2 Å². The Labute approximate surface area is 74.3 Å². The van der Waals surface area contributed by atoms with Crippen LogP contribution in [0.3, 0.4) is 0 Å². The van der Waals surface area contributed by atoms with Crippen LogP contribution in [0.25, 0.3) is 0 Å². The molecule has 0 unspecified atom stereocenters. The molecule has 0 bridgehead atoms. The van der Waals surface area contributed by atoms with Crippen LogP contribution in [-0.2, 0) is 8.61 Å². The second kappa shape index (κ2) is 3.11. The quantitative estimate of drug-likeness (QED) is 0.419. The summed E-state index contributed by atoms with van der Waals surface area (Å²) in [4.78, 5) is 0. The Morgan fingerprint density at radius 1 is 1.18 bits per heavy atom. The molecule has 0 aromatic rings. The van der Waals surface area contributed by atoms with Crippen LogP contribution in [0.5, 0.6) is 0 Å². The highest BCUT2D eigenvalue weighted by Crippen LogP contribution is 2.32. The highest BCUT2D eigenvalue weighted by Gasteiger charge is 2.26. The van der Waals surface area contributed by atoms with Gasteiger partial charge in [-0.05, 0) is 19.6 Å². The van der Waals surface area contributed by atoms with E-state index in [0.717, 1.165) is 24.4 Å². The van der Waals surface area contributed by atoms with Crippen LogP contribution in [0.2, 0.25) is 19.6 Å². The molecule has 0 N–H and O–H groups in total. The van der Waals surface area contributed by atoms with Crippen molar-refractivity contribution in [2.45, 2.75) is 32.5 Å². The first-order valence-corrected chi connectivity index (χ1v) is 7.53. The molecule has 1 aliphatic rings. The molecule has 1 aliphatic carbocycles. The lowest BCUT2D eigenvalue weighted by Gasteiger charge is -2.28. The van der Waals surface area contributed by atoms with Crippen LogP contribution in [0.1, 0.15) is 12.8 Å². The van der Waals surface area contributed by atoms with Crippen molar-refractivity contribution in [2.24, 2.45) is 0 Å². The molecule has 1 rings (SSSR count). The molecule has 2 nitrogen and oxygen atoms in total. The van der Waals surface area contributed by atoms with Crippen LogP contribution in [0, 0.1) is 0 Å². The molecule has 0 heterocycles. The third kappa shape index (κ3) is 2.45. The van der Waals surface area contributed by atoms with Gasteiger partial charge in [-0.3, -0.25) is 0 Å². The largest absolute Gasteiger partial charge is 0.545 e. The summed E-state index contributed by atoms with van der Waals surface area (Å²) >= 11 is 3.73. The van der Waals surface area contributed by atoms with Gasteiger partial charge >= 0.3 is 0 Å². The zero-order chi connectivity index (χ0) is 8.48. The Morgan fingerprint density at radius 2 is 1.73 bits per heavy atom. The maximum absolute atomic E-state index is 5.72. The molecule has 0 atom stereocenters. The van der Waals surface area contributed by atoms with Crippen LogP contribution in [-0.4, -0.2) is 8.32 Å². The van der Waals surface area contributed by atoms with Gasteiger partial charge in [0.25, 0.3) is 0 Å². The minimum Gasteiger partial charge on any atom is -0.545 e.